The molecule has 0 bridgehead atoms. The van der Waals surface area contributed by atoms with Gasteiger partial charge in [-0.1, -0.05) is 6.07 Å². The van der Waals surface area contributed by atoms with E-state index in [4.69, 9.17) is 0 Å². The fraction of sp³-hybridized carbons (Fsp3) is 0.333. The number of thioether (sulfide) groups is 1. The highest BCUT2D eigenvalue weighted by molar-refractivity contribution is 7.98. The first-order valence-electron chi connectivity index (χ1n) is 6.15. The molecule has 0 saturated carbocycles. The van der Waals surface area contributed by atoms with E-state index in [2.05, 4.69) is 15.5 Å². The molecular weight excluding hydrogens is 328 g/mol. The topological polar surface area (TPSA) is 75.2 Å². The van der Waals surface area contributed by atoms with E-state index in [1.165, 1.54) is 27.4 Å². The van der Waals surface area contributed by atoms with Gasteiger partial charge in [-0.3, -0.25) is 0 Å². The molecule has 0 atom stereocenters. The zero-order chi connectivity index (χ0) is 15.3. The van der Waals surface area contributed by atoms with Crippen LogP contribution < -0.4 is 5.32 Å². The molecule has 0 amide bonds. The fourth-order valence-corrected chi connectivity index (χ4v) is 4.25. The minimum Gasteiger partial charge on any atom is -0.367 e. The van der Waals surface area contributed by atoms with Gasteiger partial charge in [0, 0.05) is 20.1 Å². The predicted octanol–water partition coefficient (Wildman–Crippen LogP) is 1.99. The summed E-state index contributed by atoms with van der Waals surface area (Å²) in [6.07, 6.45) is 1.93. The van der Waals surface area contributed by atoms with Crippen LogP contribution in [0.2, 0.25) is 0 Å². The lowest BCUT2D eigenvalue weighted by Gasteiger charge is -2.16. The third-order valence-electron chi connectivity index (χ3n) is 2.74. The highest BCUT2D eigenvalue weighted by Gasteiger charge is 2.21. The summed E-state index contributed by atoms with van der Waals surface area (Å²) in [4.78, 5) is 0. The Balaban J connectivity index is 1.88. The second-order valence-corrected chi connectivity index (χ2v) is 8.19. The third kappa shape index (κ3) is 4.16. The largest absolute Gasteiger partial charge is 0.367 e. The molecular formula is C12H16N4O2S3. The van der Waals surface area contributed by atoms with Gasteiger partial charge in [0.15, 0.2) is 0 Å². The van der Waals surface area contributed by atoms with Crippen molar-refractivity contribution in [1.29, 1.82) is 0 Å². The number of nitrogens with one attached hydrogen (secondary N) is 1. The van der Waals surface area contributed by atoms with Crippen molar-refractivity contribution >= 4 is 38.9 Å². The monoisotopic (exact) mass is 344 g/mol. The Morgan fingerprint density at radius 1 is 1.33 bits per heavy atom. The van der Waals surface area contributed by atoms with Crippen molar-refractivity contribution in [3.8, 4) is 0 Å². The Labute approximate surface area is 132 Å². The van der Waals surface area contributed by atoms with E-state index in [0.717, 1.165) is 5.03 Å². The van der Waals surface area contributed by atoms with Crippen LogP contribution in [0.3, 0.4) is 0 Å². The zero-order valence-electron chi connectivity index (χ0n) is 11.7. The number of rotatable bonds is 7. The van der Waals surface area contributed by atoms with Crippen molar-refractivity contribution in [3.63, 3.8) is 0 Å². The number of likely N-dealkylation sites (N-methyl/N-ethyl adjacent to an activating group) is 1. The maximum atomic E-state index is 12.2. The lowest BCUT2D eigenvalue weighted by molar-refractivity contribution is 0.482. The van der Waals surface area contributed by atoms with Crippen LogP contribution in [-0.2, 0) is 10.0 Å². The molecule has 9 heteroatoms. The normalized spacial score (nSPS) is 11.8. The first kappa shape index (κ1) is 16.2. The molecule has 0 fully saturated rings. The summed E-state index contributed by atoms with van der Waals surface area (Å²) in [5.74, 6) is 0.634. The molecule has 0 radical (unpaired) electrons. The summed E-state index contributed by atoms with van der Waals surface area (Å²) in [5.41, 5.74) is 0. The highest BCUT2D eigenvalue weighted by atomic mass is 32.2. The van der Waals surface area contributed by atoms with E-state index in [1.807, 2.05) is 18.4 Å². The average molecular weight is 344 g/mol. The minimum atomic E-state index is -3.39. The van der Waals surface area contributed by atoms with Crippen LogP contribution in [0.25, 0.3) is 0 Å². The molecule has 114 valence electrons. The standard InChI is InChI=1S/C12H16N4O2S3/c1-16(21(17,18)12-4-3-9-20-12)8-7-13-10-5-6-11(19-2)15-14-10/h3-6,9H,7-8H2,1-2H3,(H,13,14). The van der Waals surface area contributed by atoms with Crippen molar-refractivity contribution in [1.82, 2.24) is 14.5 Å². The summed E-state index contributed by atoms with van der Waals surface area (Å²) in [7, 11) is -1.82. The van der Waals surface area contributed by atoms with Gasteiger partial charge in [0.05, 0.1) is 0 Å². The summed E-state index contributed by atoms with van der Waals surface area (Å²) in [6.45, 7) is 0.820. The SMILES string of the molecule is CSc1ccc(NCCN(C)S(=O)(=O)c2cccs2)nn1. The summed E-state index contributed by atoms with van der Waals surface area (Å²) in [5, 5.41) is 13.7. The number of nitrogens with zero attached hydrogens (tertiary/aromatic N) is 3. The molecule has 0 spiro atoms. The number of thiophene rings is 1. The fourth-order valence-electron chi connectivity index (χ4n) is 1.55. The van der Waals surface area contributed by atoms with E-state index in [1.54, 1.807) is 24.6 Å². The van der Waals surface area contributed by atoms with Crippen molar-refractivity contribution in [3.05, 3.63) is 29.6 Å². The Hall–Kier alpha value is -1.16. The van der Waals surface area contributed by atoms with Crippen LogP contribution in [0, 0.1) is 0 Å². The third-order valence-corrected chi connectivity index (χ3v) is 6.61. The summed E-state index contributed by atoms with van der Waals surface area (Å²) in [6, 6.07) is 7.03. The maximum Gasteiger partial charge on any atom is 0.252 e. The first-order chi connectivity index (χ1) is 10.0. The Morgan fingerprint density at radius 3 is 2.71 bits per heavy atom. The van der Waals surface area contributed by atoms with E-state index in [0.29, 0.717) is 23.1 Å². The van der Waals surface area contributed by atoms with Crippen LogP contribution in [0.5, 0.6) is 0 Å². The summed E-state index contributed by atoms with van der Waals surface area (Å²) >= 11 is 2.74. The number of anilines is 1. The molecule has 6 nitrogen and oxygen atoms in total. The van der Waals surface area contributed by atoms with Gasteiger partial charge < -0.3 is 5.32 Å². The van der Waals surface area contributed by atoms with Crippen LogP contribution in [-0.4, -0.2) is 49.3 Å². The van der Waals surface area contributed by atoms with Crippen molar-refractivity contribution in [2.45, 2.75) is 9.24 Å². The van der Waals surface area contributed by atoms with Crippen LogP contribution in [0.4, 0.5) is 5.82 Å². The molecule has 0 saturated heterocycles. The van der Waals surface area contributed by atoms with Crippen LogP contribution in [0.15, 0.2) is 38.9 Å². The molecule has 2 aromatic heterocycles. The predicted molar refractivity (Wildman–Crippen MR) is 86.4 cm³/mol. The molecule has 2 rings (SSSR count). The summed E-state index contributed by atoms with van der Waals surface area (Å²) < 4.78 is 26.1. The van der Waals surface area contributed by atoms with E-state index >= 15 is 0 Å². The molecule has 0 aliphatic heterocycles. The Bertz CT molecular complexity index is 656. The van der Waals surface area contributed by atoms with Crippen molar-refractivity contribution in [2.75, 3.05) is 31.7 Å². The molecule has 2 aromatic rings. The number of hydrogen-bond acceptors (Lipinski definition) is 7. The van der Waals surface area contributed by atoms with Crippen molar-refractivity contribution in [2.24, 2.45) is 0 Å². The Kier molecular flexibility index (Phi) is 5.57. The maximum absolute atomic E-state index is 12.2. The van der Waals surface area contributed by atoms with Crippen molar-refractivity contribution < 1.29 is 8.42 Å². The van der Waals surface area contributed by atoms with Gasteiger partial charge in [-0.15, -0.1) is 33.3 Å². The number of sulfonamides is 1. The first-order valence-corrected chi connectivity index (χ1v) is 9.70. The van der Waals surface area contributed by atoms with Gasteiger partial charge in [-0.2, -0.15) is 4.31 Å². The quantitative estimate of drug-likeness (QED) is 0.774. The van der Waals surface area contributed by atoms with Gasteiger partial charge in [0.25, 0.3) is 10.0 Å². The van der Waals surface area contributed by atoms with Gasteiger partial charge in [-0.25, -0.2) is 8.42 Å². The molecule has 0 unspecified atom stereocenters. The molecule has 0 aliphatic carbocycles. The number of hydrogen-bond donors (Lipinski definition) is 1. The number of aromatic nitrogens is 2. The second-order valence-electron chi connectivity index (χ2n) is 4.15. The van der Waals surface area contributed by atoms with E-state index in [-0.39, 0.29) is 0 Å². The molecule has 2 heterocycles. The van der Waals surface area contributed by atoms with Gasteiger partial charge in [0.1, 0.15) is 15.1 Å². The molecule has 0 aromatic carbocycles. The zero-order valence-corrected chi connectivity index (χ0v) is 14.1. The van der Waals surface area contributed by atoms with Gasteiger partial charge in [0.2, 0.25) is 0 Å². The van der Waals surface area contributed by atoms with Crippen LogP contribution >= 0.6 is 23.1 Å². The average Bonchev–Trinajstić information content (AvgIpc) is 3.02. The van der Waals surface area contributed by atoms with Crippen LogP contribution in [0.1, 0.15) is 0 Å². The highest BCUT2D eigenvalue weighted by Crippen LogP contribution is 2.19. The smallest absolute Gasteiger partial charge is 0.252 e. The molecule has 1 N–H and O–H groups in total. The van der Waals surface area contributed by atoms with E-state index in [9.17, 15) is 8.42 Å². The lowest BCUT2D eigenvalue weighted by Crippen LogP contribution is -2.31. The van der Waals surface area contributed by atoms with E-state index < -0.39 is 10.0 Å². The minimum absolute atomic E-state index is 0.353. The second kappa shape index (κ2) is 7.21. The van der Waals surface area contributed by atoms with Gasteiger partial charge >= 0.3 is 0 Å². The lowest BCUT2D eigenvalue weighted by atomic mass is 10.5. The Morgan fingerprint density at radius 2 is 2.14 bits per heavy atom. The molecule has 21 heavy (non-hydrogen) atoms. The molecule has 0 aliphatic rings. The van der Waals surface area contributed by atoms with Gasteiger partial charge in [-0.05, 0) is 29.8 Å².